The smallest absolute Gasteiger partial charge is 0.264 e. The molecule has 1 aromatic heterocycles. The number of allylic oxidation sites excluding steroid dienone is 2. The summed E-state index contributed by atoms with van der Waals surface area (Å²) in [5.41, 5.74) is 0.772. The Balaban J connectivity index is 1.75. The van der Waals surface area contributed by atoms with E-state index in [1.165, 1.54) is 16.4 Å². The largest absolute Gasteiger partial charge is 0.484 e. The number of ether oxygens (including phenoxy) is 1. The number of rotatable bonds is 6. The number of benzene rings is 2. The molecule has 154 valence electrons. The van der Waals surface area contributed by atoms with Gasteiger partial charge in [-0.1, -0.05) is 30.4 Å². The summed E-state index contributed by atoms with van der Waals surface area (Å²) < 4.78 is 60.5. The van der Waals surface area contributed by atoms with Gasteiger partial charge in [0.2, 0.25) is 0 Å². The molecule has 0 radical (unpaired) electrons. The van der Waals surface area contributed by atoms with E-state index >= 15 is 0 Å². The average Bonchev–Trinajstić information content (AvgIpc) is 3.28. The maximum atomic E-state index is 14.0. The molecule has 0 aliphatic carbocycles. The first kappa shape index (κ1) is 19.8. The molecule has 0 saturated heterocycles. The van der Waals surface area contributed by atoms with Crippen molar-refractivity contribution in [3.05, 3.63) is 96.2 Å². The van der Waals surface area contributed by atoms with E-state index in [2.05, 4.69) is 9.97 Å². The zero-order chi connectivity index (χ0) is 21.1. The normalized spacial score (nSPS) is 14.3. The summed E-state index contributed by atoms with van der Waals surface area (Å²) in [4.78, 5) is 7.26. The van der Waals surface area contributed by atoms with Crippen LogP contribution in [0.2, 0.25) is 0 Å². The molecule has 0 bridgehead atoms. The van der Waals surface area contributed by atoms with Crippen molar-refractivity contribution in [3.8, 4) is 5.75 Å². The number of sulfonamides is 1. The fourth-order valence-electron chi connectivity index (χ4n) is 3.09. The average molecular weight is 429 g/mol. The lowest BCUT2D eigenvalue weighted by Crippen LogP contribution is -2.35. The lowest BCUT2D eigenvalue weighted by Gasteiger charge is -2.30. The van der Waals surface area contributed by atoms with Crippen molar-refractivity contribution in [2.75, 3.05) is 13.2 Å². The number of hydrogen-bond donors (Lipinski definition) is 1. The Morgan fingerprint density at radius 2 is 1.93 bits per heavy atom. The first-order chi connectivity index (χ1) is 14.5. The molecule has 0 spiro atoms. The van der Waals surface area contributed by atoms with Crippen LogP contribution in [0.4, 0.5) is 8.78 Å². The monoisotopic (exact) mass is 429 g/mol. The van der Waals surface area contributed by atoms with Gasteiger partial charge >= 0.3 is 0 Å². The predicted molar refractivity (Wildman–Crippen MR) is 107 cm³/mol. The van der Waals surface area contributed by atoms with Crippen LogP contribution in [0, 0.1) is 11.6 Å². The number of halogens is 2. The third kappa shape index (κ3) is 3.84. The summed E-state index contributed by atoms with van der Waals surface area (Å²) in [6, 6.07) is 10.9. The lowest BCUT2D eigenvalue weighted by atomic mass is 10.1. The molecule has 1 N–H and O–H groups in total. The van der Waals surface area contributed by atoms with Crippen LogP contribution in [0.3, 0.4) is 0 Å². The Labute approximate surface area is 172 Å². The Hall–Kier alpha value is -3.46. The van der Waals surface area contributed by atoms with Gasteiger partial charge in [-0.3, -0.25) is 4.31 Å². The Morgan fingerprint density at radius 1 is 1.13 bits per heavy atom. The first-order valence-electron chi connectivity index (χ1n) is 9.02. The number of aromatic amines is 1. The van der Waals surface area contributed by atoms with Gasteiger partial charge in [0, 0.05) is 24.0 Å². The van der Waals surface area contributed by atoms with Crippen molar-refractivity contribution < 1.29 is 21.9 Å². The summed E-state index contributed by atoms with van der Waals surface area (Å²) >= 11 is 0. The van der Waals surface area contributed by atoms with E-state index in [4.69, 9.17) is 4.74 Å². The van der Waals surface area contributed by atoms with Crippen molar-refractivity contribution in [3.63, 3.8) is 0 Å². The zero-order valence-electron chi connectivity index (χ0n) is 15.6. The Kier molecular flexibility index (Phi) is 5.37. The fourth-order valence-corrected chi connectivity index (χ4v) is 4.57. The highest BCUT2D eigenvalue weighted by molar-refractivity contribution is 7.89. The minimum atomic E-state index is -3.91. The van der Waals surface area contributed by atoms with Gasteiger partial charge < -0.3 is 9.72 Å². The summed E-state index contributed by atoms with van der Waals surface area (Å²) in [5, 5.41) is 0. The van der Waals surface area contributed by atoms with Crippen molar-refractivity contribution in [2.24, 2.45) is 0 Å². The standard InChI is InChI=1S/C21H17F2N3O3S/c22-15-8-9-20(18(23)13-15)29-14-19-17(21-24-10-11-25-21)7-4-12-26(19)30(27,28)16-5-2-1-3-6-16/h1-11,13H,12,14H2,(H,24,25). The van der Waals surface area contributed by atoms with Crippen LogP contribution in [0.5, 0.6) is 5.75 Å². The molecule has 0 atom stereocenters. The second kappa shape index (κ2) is 8.11. The molecule has 0 amide bonds. The maximum absolute atomic E-state index is 14.0. The van der Waals surface area contributed by atoms with Crippen molar-refractivity contribution in [2.45, 2.75) is 4.90 Å². The van der Waals surface area contributed by atoms with E-state index in [-0.39, 0.29) is 29.5 Å². The Bertz CT molecular complexity index is 1210. The van der Waals surface area contributed by atoms with Crippen LogP contribution < -0.4 is 4.74 Å². The first-order valence-corrected chi connectivity index (χ1v) is 10.5. The number of H-pyrrole nitrogens is 1. The molecule has 0 fully saturated rings. The number of aromatic nitrogens is 2. The number of imidazole rings is 1. The number of hydrogen-bond acceptors (Lipinski definition) is 4. The lowest BCUT2D eigenvalue weighted by molar-refractivity contribution is 0.305. The molecule has 1 aliphatic rings. The van der Waals surface area contributed by atoms with Gasteiger partial charge in [-0.2, -0.15) is 0 Å². The maximum Gasteiger partial charge on any atom is 0.264 e. The quantitative estimate of drug-likeness (QED) is 0.648. The highest BCUT2D eigenvalue weighted by atomic mass is 32.2. The van der Waals surface area contributed by atoms with Crippen LogP contribution >= 0.6 is 0 Å². The third-order valence-electron chi connectivity index (χ3n) is 4.51. The van der Waals surface area contributed by atoms with Crippen molar-refractivity contribution >= 4 is 15.6 Å². The van der Waals surface area contributed by atoms with Crippen LogP contribution in [0.25, 0.3) is 5.57 Å². The van der Waals surface area contributed by atoms with Gasteiger partial charge in [0.15, 0.2) is 11.6 Å². The molecular formula is C21H17F2N3O3S. The van der Waals surface area contributed by atoms with Gasteiger partial charge in [0.05, 0.1) is 17.1 Å². The predicted octanol–water partition coefficient (Wildman–Crippen LogP) is 3.74. The van der Waals surface area contributed by atoms with Crippen molar-refractivity contribution in [1.29, 1.82) is 0 Å². The van der Waals surface area contributed by atoms with E-state index in [0.717, 1.165) is 12.1 Å². The molecule has 30 heavy (non-hydrogen) atoms. The highest BCUT2D eigenvalue weighted by Gasteiger charge is 2.30. The van der Waals surface area contributed by atoms with E-state index in [0.29, 0.717) is 17.5 Å². The van der Waals surface area contributed by atoms with Gasteiger partial charge in [0.1, 0.15) is 18.2 Å². The van der Waals surface area contributed by atoms with E-state index in [9.17, 15) is 17.2 Å². The van der Waals surface area contributed by atoms with Gasteiger partial charge in [-0.25, -0.2) is 22.2 Å². The minimum absolute atomic E-state index is 0.0754. The van der Waals surface area contributed by atoms with Crippen LogP contribution in [0.15, 0.2) is 83.7 Å². The molecule has 6 nitrogen and oxygen atoms in total. The minimum Gasteiger partial charge on any atom is -0.484 e. The molecular weight excluding hydrogens is 412 g/mol. The van der Waals surface area contributed by atoms with Crippen LogP contribution in [-0.4, -0.2) is 35.8 Å². The molecule has 3 aromatic rings. The molecule has 0 unspecified atom stereocenters. The van der Waals surface area contributed by atoms with E-state index < -0.39 is 21.7 Å². The van der Waals surface area contributed by atoms with Gasteiger partial charge in [-0.05, 0) is 24.3 Å². The summed E-state index contributed by atoms with van der Waals surface area (Å²) in [5.74, 6) is -1.35. The molecule has 0 saturated carbocycles. The Morgan fingerprint density at radius 3 is 2.63 bits per heavy atom. The topological polar surface area (TPSA) is 75.3 Å². The summed E-state index contributed by atoms with van der Waals surface area (Å²) in [7, 11) is -3.91. The second-order valence-electron chi connectivity index (χ2n) is 6.41. The SMILES string of the molecule is O=S(=O)(c1ccccc1)N1CC=CC(c2ncc[nH]2)=C1COc1ccc(F)cc1F. The molecule has 2 aromatic carbocycles. The molecule has 1 aliphatic heterocycles. The highest BCUT2D eigenvalue weighted by Crippen LogP contribution is 2.30. The summed E-state index contributed by atoms with van der Waals surface area (Å²) in [6.07, 6.45) is 6.58. The van der Waals surface area contributed by atoms with Crippen molar-refractivity contribution in [1.82, 2.24) is 14.3 Å². The number of nitrogens with zero attached hydrogens (tertiary/aromatic N) is 2. The molecule has 2 heterocycles. The van der Waals surface area contributed by atoms with Crippen LogP contribution in [-0.2, 0) is 10.0 Å². The number of nitrogens with one attached hydrogen (secondary N) is 1. The zero-order valence-corrected chi connectivity index (χ0v) is 16.4. The molecule has 9 heteroatoms. The summed E-state index contributed by atoms with van der Waals surface area (Å²) in [6.45, 7) is -0.193. The van der Waals surface area contributed by atoms with E-state index in [1.807, 2.05) is 0 Å². The second-order valence-corrected chi connectivity index (χ2v) is 8.28. The fraction of sp³-hybridized carbons (Fsp3) is 0.0952. The van der Waals surface area contributed by atoms with Gasteiger partial charge in [-0.15, -0.1) is 0 Å². The third-order valence-corrected chi connectivity index (χ3v) is 6.33. The van der Waals surface area contributed by atoms with Crippen LogP contribution in [0.1, 0.15) is 5.82 Å². The molecule has 4 rings (SSSR count). The van der Waals surface area contributed by atoms with Gasteiger partial charge in [0.25, 0.3) is 10.0 Å². The van der Waals surface area contributed by atoms with E-state index in [1.54, 1.807) is 42.7 Å².